The molecule has 0 fully saturated rings. The molecule has 0 aromatic rings. The Balaban J connectivity index is 3.36. The molecule has 0 rings (SSSR count). The van der Waals surface area contributed by atoms with Gasteiger partial charge in [0.2, 0.25) is 0 Å². The number of rotatable bonds is 2. The molecule has 0 unspecified atom stereocenters. The monoisotopic (exact) mass is 143 g/mol. The Morgan fingerprint density at radius 1 is 1.71 bits per heavy atom. The van der Waals surface area contributed by atoms with E-state index in [1.54, 1.807) is 6.26 Å². The molecule has 0 saturated heterocycles. The predicted molar refractivity (Wildman–Crippen MR) is 28.7 cm³/mol. The van der Waals surface area contributed by atoms with Crippen LogP contribution in [0.1, 0.15) is 0 Å². The molecule has 0 bridgehead atoms. The van der Waals surface area contributed by atoms with E-state index in [0.717, 1.165) is 11.9 Å². The van der Waals surface area contributed by atoms with Crippen LogP contribution in [0, 0.1) is 0 Å². The van der Waals surface area contributed by atoms with Crippen molar-refractivity contribution in [2.45, 2.75) is 0 Å². The molecule has 6 heteroatoms. The Morgan fingerprint density at radius 2 is 2.14 bits per heavy atom. The van der Waals surface area contributed by atoms with Gasteiger partial charge in [-0.1, -0.05) is 11.9 Å². The second kappa shape index (κ2) is 2.69. The van der Waals surface area contributed by atoms with Gasteiger partial charge in [0, 0.05) is 0 Å². The van der Waals surface area contributed by atoms with Crippen LogP contribution in [0.5, 0.6) is 0 Å². The molecule has 44 valence electrons. The van der Waals surface area contributed by atoms with Gasteiger partial charge in [0.25, 0.3) is 0 Å². The van der Waals surface area contributed by atoms with Crippen molar-refractivity contribution in [2.75, 3.05) is 6.26 Å². The van der Waals surface area contributed by atoms with Crippen molar-refractivity contribution in [3.05, 3.63) is 0 Å². The van der Waals surface area contributed by atoms with Crippen LogP contribution in [0.15, 0.2) is 0 Å². The molecule has 0 atom stereocenters. The second-order valence-corrected chi connectivity index (χ2v) is 3.07. The average molecular weight is 143 g/mol. The smallest absolute Gasteiger partial charge is 0.312 e. The fourth-order valence-corrected chi connectivity index (χ4v) is 1.07. The molecule has 0 aliphatic heterocycles. The first-order valence-electron chi connectivity index (χ1n) is 1.42. The molecular weight excluding hydrogens is 137 g/mol. The van der Waals surface area contributed by atoms with Crippen molar-refractivity contribution in [3.63, 3.8) is 0 Å². The van der Waals surface area contributed by atoms with E-state index in [1.165, 1.54) is 0 Å². The molecule has 0 heterocycles. The summed E-state index contributed by atoms with van der Waals surface area (Å²) in [5, 5.41) is 0. The van der Waals surface area contributed by atoms with E-state index in [2.05, 4.69) is 0 Å². The highest BCUT2D eigenvalue weighted by atomic mass is 32.2. The molecule has 0 radical (unpaired) electrons. The van der Waals surface area contributed by atoms with E-state index in [-0.39, 0.29) is 0 Å². The minimum Gasteiger partial charge on any atom is -0.312 e. The lowest BCUT2D eigenvalue weighted by molar-refractivity contribution is 0.370. The van der Waals surface area contributed by atoms with E-state index in [4.69, 9.17) is 9.79 Å². The molecule has 7 heavy (non-hydrogen) atoms. The molecule has 0 aromatic carbocycles. The van der Waals surface area contributed by atoms with Crippen LogP contribution in [0.3, 0.4) is 0 Å². The highest BCUT2D eigenvalue weighted by Gasteiger charge is 2.08. The Hall–Kier alpha value is 0.460. The molecule has 0 amide bonds. The molecule has 0 aliphatic rings. The molecule has 3 N–H and O–H groups in total. The lowest BCUT2D eigenvalue weighted by atomic mass is 12.0. The van der Waals surface area contributed by atoms with Crippen LogP contribution in [0.25, 0.3) is 0 Å². The Kier molecular flexibility index (Phi) is 2.87. The Morgan fingerprint density at radius 3 is 2.14 bits per heavy atom. The average Bonchev–Trinajstić information content (AvgIpc) is 1.30. The molecule has 0 aromatic heterocycles. The topological polar surface area (TPSA) is 69.6 Å². The van der Waals surface area contributed by atoms with Gasteiger partial charge in [0.1, 0.15) is 0 Å². The van der Waals surface area contributed by atoms with E-state index in [1.807, 2.05) is 4.49 Å². The quantitative estimate of drug-likeness (QED) is 0.373. The van der Waals surface area contributed by atoms with Gasteiger partial charge in [-0.15, -0.1) is 0 Å². The van der Waals surface area contributed by atoms with Crippen molar-refractivity contribution in [1.29, 1.82) is 0 Å². The fraction of sp³-hybridized carbons (Fsp3) is 1.00. The van der Waals surface area contributed by atoms with E-state index in [0.29, 0.717) is 0 Å². The van der Waals surface area contributed by atoms with Gasteiger partial charge in [-0.2, -0.15) is 4.49 Å². The number of nitrogens with one attached hydrogen (secondary N) is 1. The minimum atomic E-state index is -3.95. The van der Waals surface area contributed by atoms with Crippen molar-refractivity contribution in [2.24, 2.45) is 0 Å². The van der Waals surface area contributed by atoms with Gasteiger partial charge >= 0.3 is 7.75 Å². The van der Waals surface area contributed by atoms with Crippen LogP contribution in [-0.4, -0.2) is 16.0 Å². The summed E-state index contributed by atoms with van der Waals surface area (Å²) >= 11 is 0.895. The third-order valence-electron chi connectivity index (χ3n) is 0.210. The molecule has 4 nitrogen and oxygen atoms in total. The van der Waals surface area contributed by atoms with Crippen LogP contribution in [-0.2, 0) is 4.57 Å². The summed E-state index contributed by atoms with van der Waals surface area (Å²) < 4.78 is 11.7. The van der Waals surface area contributed by atoms with Crippen LogP contribution >= 0.6 is 19.7 Å². The van der Waals surface area contributed by atoms with Crippen molar-refractivity contribution in [3.8, 4) is 0 Å². The van der Waals surface area contributed by atoms with Crippen molar-refractivity contribution < 1.29 is 14.4 Å². The molecule has 0 saturated carbocycles. The minimum absolute atomic E-state index is 0.895. The lowest BCUT2D eigenvalue weighted by Crippen LogP contribution is -1.95. The maximum Gasteiger partial charge on any atom is 0.409 e. The van der Waals surface area contributed by atoms with Gasteiger partial charge in [0.15, 0.2) is 0 Å². The zero-order valence-corrected chi connectivity index (χ0v) is 5.37. The van der Waals surface area contributed by atoms with E-state index >= 15 is 0 Å². The summed E-state index contributed by atoms with van der Waals surface area (Å²) in [5.74, 6) is 0. The summed E-state index contributed by atoms with van der Waals surface area (Å²) in [6.07, 6.45) is 1.54. The normalized spacial score (nSPS) is 11.9. The van der Waals surface area contributed by atoms with Crippen LogP contribution < -0.4 is 4.49 Å². The van der Waals surface area contributed by atoms with E-state index in [9.17, 15) is 4.57 Å². The Labute approximate surface area is 45.7 Å². The molecule has 0 spiro atoms. The second-order valence-electron chi connectivity index (χ2n) is 0.839. The van der Waals surface area contributed by atoms with Crippen molar-refractivity contribution >= 4 is 19.7 Å². The zero-order chi connectivity index (χ0) is 5.91. The number of hydrogen-bond donors (Lipinski definition) is 3. The van der Waals surface area contributed by atoms with Crippen molar-refractivity contribution in [1.82, 2.24) is 4.49 Å². The highest BCUT2D eigenvalue weighted by Crippen LogP contribution is 2.30. The zero-order valence-electron chi connectivity index (χ0n) is 3.66. The van der Waals surface area contributed by atoms with Gasteiger partial charge in [-0.05, 0) is 6.26 Å². The van der Waals surface area contributed by atoms with Crippen LogP contribution in [0.4, 0.5) is 0 Å². The predicted octanol–water partition coefficient (Wildman–Crippen LogP) is -0.0533. The largest absolute Gasteiger partial charge is 0.409 e. The van der Waals surface area contributed by atoms with Gasteiger partial charge < -0.3 is 9.79 Å². The lowest BCUT2D eigenvalue weighted by Gasteiger charge is -1.98. The number of hydrogen-bond acceptors (Lipinski definition) is 2. The Bertz CT molecular complexity index is 88.9. The molecular formula is CH6NO3PS. The SMILES string of the molecule is CSNP(=O)(O)O. The standard InChI is InChI=1S/CH6NO3PS/c1-7-2-6(3,4)5/h1H3,(H3,2,3,4,5). The van der Waals surface area contributed by atoms with Gasteiger partial charge in [0.05, 0.1) is 0 Å². The van der Waals surface area contributed by atoms with E-state index < -0.39 is 7.75 Å². The van der Waals surface area contributed by atoms with Gasteiger partial charge in [-0.3, -0.25) is 0 Å². The third kappa shape index (κ3) is 6.46. The summed E-state index contributed by atoms with van der Waals surface area (Å²) in [6.45, 7) is 0. The first-order valence-corrected chi connectivity index (χ1v) is 4.26. The third-order valence-corrected chi connectivity index (χ3v) is 1.89. The van der Waals surface area contributed by atoms with Crippen LogP contribution in [0.2, 0.25) is 0 Å². The molecule has 0 aliphatic carbocycles. The maximum atomic E-state index is 9.79. The first kappa shape index (κ1) is 7.46. The summed E-state index contributed by atoms with van der Waals surface area (Å²) in [4.78, 5) is 16.0. The summed E-state index contributed by atoms with van der Waals surface area (Å²) in [5.41, 5.74) is 0. The first-order chi connectivity index (χ1) is 3.06. The summed E-state index contributed by atoms with van der Waals surface area (Å²) in [6, 6.07) is 0. The maximum absolute atomic E-state index is 9.79. The van der Waals surface area contributed by atoms with Gasteiger partial charge in [-0.25, -0.2) is 4.57 Å². The summed E-state index contributed by atoms with van der Waals surface area (Å²) in [7, 11) is -3.95. The fourth-order valence-electron chi connectivity index (χ4n) is 0.119. The highest BCUT2D eigenvalue weighted by molar-refractivity contribution is 8.01.